The van der Waals surface area contributed by atoms with Crippen LogP contribution in [0, 0.1) is 11.3 Å². The van der Waals surface area contributed by atoms with E-state index in [9.17, 15) is 4.79 Å². The number of nitriles is 1. The van der Waals surface area contributed by atoms with Gasteiger partial charge in [-0.2, -0.15) is 5.26 Å². The monoisotopic (exact) mass is 326 g/mol. The second kappa shape index (κ2) is 7.88. The normalized spacial score (nSPS) is 11.1. The fraction of sp³-hybridized carbons (Fsp3) is 0.222. The summed E-state index contributed by atoms with van der Waals surface area (Å²) in [6, 6.07) is 13.7. The van der Waals surface area contributed by atoms with Crippen LogP contribution in [0.25, 0.3) is 0 Å². The zero-order chi connectivity index (χ0) is 17.5. The van der Waals surface area contributed by atoms with Crippen LogP contribution in [0.1, 0.15) is 12.5 Å². The Kier molecular flexibility index (Phi) is 5.63. The highest BCUT2D eigenvalue weighted by atomic mass is 16.5. The van der Waals surface area contributed by atoms with Crippen molar-refractivity contribution in [2.45, 2.75) is 13.0 Å². The molecule has 0 aliphatic carbocycles. The zero-order valence-electron chi connectivity index (χ0n) is 13.7. The van der Waals surface area contributed by atoms with Gasteiger partial charge in [-0.25, -0.2) is 0 Å². The molecule has 0 heterocycles. The van der Waals surface area contributed by atoms with Crippen molar-refractivity contribution >= 4 is 11.6 Å². The maximum atomic E-state index is 12.2. The number of ether oxygens (including phenoxy) is 3. The lowest BCUT2D eigenvalue weighted by Crippen LogP contribution is -2.30. The van der Waals surface area contributed by atoms with E-state index in [4.69, 9.17) is 19.5 Å². The van der Waals surface area contributed by atoms with Crippen LogP contribution >= 0.6 is 0 Å². The summed E-state index contributed by atoms with van der Waals surface area (Å²) in [6.45, 7) is 1.63. The van der Waals surface area contributed by atoms with Gasteiger partial charge in [-0.15, -0.1) is 0 Å². The molecule has 0 saturated carbocycles. The van der Waals surface area contributed by atoms with Gasteiger partial charge in [0.15, 0.2) is 6.10 Å². The van der Waals surface area contributed by atoms with Gasteiger partial charge in [-0.05, 0) is 25.1 Å². The molecule has 6 heteroatoms. The average molecular weight is 326 g/mol. The summed E-state index contributed by atoms with van der Waals surface area (Å²) in [5, 5.41) is 11.6. The van der Waals surface area contributed by atoms with Crippen LogP contribution in [0.4, 0.5) is 5.69 Å². The fourth-order valence-corrected chi connectivity index (χ4v) is 2.02. The largest absolute Gasteiger partial charge is 0.496 e. The molecule has 0 aliphatic rings. The Bertz CT molecular complexity index is 746. The highest BCUT2D eigenvalue weighted by Crippen LogP contribution is 2.28. The summed E-state index contributed by atoms with van der Waals surface area (Å²) in [5.41, 5.74) is 1.01. The SMILES string of the molecule is COc1cc(OC)cc(O[C@H](C)C(=O)Nc2cccc(C#N)c2)c1. The van der Waals surface area contributed by atoms with Crippen LogP contribution in [-0.2, 0) is 4.79 Å². The van der Waals surface area contributed by atoms with E-state index in [-0.39, 0.29) is 5.91 Å². The lowest BCUT2D eigenvalue weighted by Gasteiger charge is -2.16. The Balaban J connectivity index is 2.07. The van der Waals surface area contributed by atoms with Crippen LogP contribution in [0.15, 0.2) is 42.5 Å². The van der Waals surface area contributed by atoms with Gasteiger partial charge in [-0.3, -0.25) is 4.79 Å². The lowest BCUT2D eigenvalue weighted by molar-refractivity contribution is -0.122. The van der Waals surface area contributed by atoms with Crippen molar-refractivity contribution in [3.63, 3.8) is 0 Å². The Hall–Kier alpha value is -3.20. The maximum absolute atomic E-state index is 12.2. The van der Waals surface area contributed by atoms with Crippen molar-refractivity contribution in [1.29, 1.82) is 5.26 Å². The summed E-state index contributed by atoms with van der Waals surface area (Å²) >= 11 is 0. The first-order valence-electron chi connectivity index (χ1n) is 7.26. The number of benzene rings is 2. The first kappa shape index (κ1) is 17.2. The van der Waals surface area contributed by atoms with Gasteiger partial charge in [0.05, 0.1) is 25.9 Å². The van der Waals surface area contributed by atoms with E-state index in [1.54, 1.807) is 49.4 Å². The molecule has 0 aliphatic heterocycles. The quantitative estimate of drug-likeness (QED) is 0.882. The van der Waals surface area contributed by atoms with Gasteiger partial charge >= 0.3 is 0 Å². The van der Waals surface area contributed by atoms with E-state index in [0.717, 1.165) is 0 Å². The molecule has 0 radical (unpaired) electrons. The third kappa shape index (κ3) is 4.40. The third-order valence-electron chi connectivity index (χ3n) is 3.27. The molecule has 2 aromatic carbocycles. The van der Waals surface area contributed by atoms with E-state index in [2.05, 4.69) is 5.32 Å². The molecule has 0 unspecified atom stereocenters. The molecule has 2 rings (SSSR count). The summed E-state index contributed by atoms with van der Waals surface area (Å²) in [4.78, 5) is 12.2. The molecule has 1 N–H and O–H groups in total. The number of carbonyl (C=O) groups excluding carboxylic acids is 1. The first-order valence-corrected chi connectivity index (χ1v) is 7.26. The second-order valence-electron chi connectivity index (χ2n) is 4.99. The van der Waals surface area contributed by atoms with E-state index >= 15 is 0 Å². The van der Waals surface area contributed by atoms with Gasteiger partial charge in [-0.1, -0.05) is 6.07 Å². The minimum absolute atomic E-state index is 0.327. The number of hydrogen-bond donors (Lipinski definition) is 1. The molecule has 2 aromatic rings. The number of nitrogens with zero attached hydrogens (tertiary/aromatic N) is 1. The number of carbonyl (C=O) groups is 1. The Morgan fingerprint density at radius 2 is 1.71 bits per heavy atom. The maximum Gasteiger partial charge on any atom is 0.265 e. The highest BCUT2D eigenvalue weighted by Gasteiger charge is 2.16. The van der Waals surface area contributed by atoms with Crippen LogP contribution in [0.2, 0.25) is 0 Å². The first-order chi connectivity index (χ1) is 11.5. The van der Waals surface area contributed by atoms with Crippen molar-refractivity contribution in [3.8, 4) is 23.3 Å². The van der Waals surface area contributed by atoms with Gasteiger partial charge in [0.2, 0.25) is 0 Å². The molecular weight excluding hydrogens is 308 g/mol. The standard InChI is InChI=1S/C18H18N2O4/c1-12(18(21)20-14-6-4-5-13(7-14)11-19)24-17-9-15(22-2)8-16(10-17)23-3/h4-10,12H,1-3H3,(H,20,21)/t12-/m1/s1. The van der Waals surface area contributed by atoms with E-state index in [1.165, 1.54) is 14.2 Å². The summed E-state index contributed by atoms with van der Waals surface area (Å²) in [5.74, 6) is 1.27. The minimum Gasteiger partial charge on any atom is -0.496 e. The van der Waals surface area contributed by atoms with Gasteiger partial charge in [0.1, 0.15) is 17.2 Å². The Labute approximate surface area is 140 Å². The molecule has 0 spiro atoms. The van der Waals surface area contributed by atoms with Crippen LogP contribution in [-0.4, -0.2) is 26.2 Å². The van der Waals surface area contributed by atoms with E-state index < -0.39 is 6.10 Å². The van der Waals surface area contributed by atoms with Gasteiger partial charge < -0.3 is 19.5 Å². The van der Waals surface area contributed by atoms with Crippen LogP contribution < -0.4 is 19.5 Å². The molecule has 1 amide bonds. The molecule has 6 nitrogen and oxygen atoms in total. The molecule has 0 fully saturated rings. The average Bonchev–Trinajstić information content (AvgIpc) is 2.61. The summed E-state index contributed by atoms with van der Waals surface area (Å²) in [6.07, 6.45) is -0.743. The van der Waals surface area contributed by atoms with Gasteiger partial charge in [0.25, 0.3) is 5.91 Å². The minimum atomic E-state index is -0.743. The molecule has 24 heavy (non-hydrogen) atoms. The van der Waals surface area contributed by atoms with Crippen LogP contribution in [0.3, 0.4) is 0 Å². The molecule has 0 aromatic heterocycles. The summed E-state index contributed by atoms with van der Waals surface area (Å²) < 4.78 is 16.0. The number of amides is 1. The number of nitrogens with one attached hydrogen (secondary N) is 1. The molecular formula is C18H18N2O4. The third-order valence-corrected chi connectivity index (χ3v) is 3.27. The predicted octanol–water partition coefficient (Wildman–Crippen LogP) is 2.98. The van der Waals surface area contributed by atoms with E-state index in [1.807, 2.05) is 6.07 Å². The zero-order valence-corrected chi connectivity index (χ0v) is 13.7. The second-order valence-corrected chi connectivity index (χ2v) is 4.99. The van der Waals surface area contributed by atoms with Crippen molar-refractivity contribution in [2.24, 2.45) is 0 Å². The predicted molar refractivity (Wildman–Crippen MR) is 89.4 cm³/mol. The van der Waals surface area contributed by atoms with Crippen molar-refractivity contribution in [1.82, 2.24) is 0 Å². The highest BCUT2D eigenvalue weighted by molar-refractivity contribution is 5.94. The molecule has 0 bridgehead atoms. The smallest absolute Gasteiger partial charge is 0.265 e. The molecule has 1 atom stereocenters. The number of methoxy groups -OCH3 is 2. The number of rotatable bonds is 6. The van der Waals surface area contributed by atoms with E-state index in [0.29, 0.717) is 28.5 Å². The number of anilines is 1. The Morgan fingerprint density at radius 1 is 1.08 bits per heavy atom. The molecule has 0 saturated heterocycles. The number of hydrogen-bond acceptors (Lipinski definition) is 5. The summed E-state index contributed by atoms with van der Waals surface area (Å²) in [7, 11) is 3.08. The topological polar surface area (TPSA) is 80.6 Å². The van der Waals surface area contributed by atoms with Crippen LogP contribution in [0.5, 0.6) is 17.2 Å². The Morgan fingerprint density at radius 3 is 2.29 bits per heavy atom. The molecule has 124 valence electrons. The van der Waals surface area contributed by atoms with Crippen molar-refractivity contribution in [3.05, 3.63) is 48.0 Å². The fourth-order valence-electron chi connectivity index (χ4n) is 2.02. The lowest BCUT2D eigenvalue weighted by atomic mass is 10.2. The van der Waals surface area contributed by atoms with Gasteiger partial charge in [0, 0.05) is 23.9 Å². The van der Waals surface area contributed by atoms with Crippen molar-refractivity contribution < 1.29 is 19.0 Å². The van der Waals surface area contributed by atoms with Crippen molar-refractivity contribution in [2.75, 3.05) is 19.5 Å².